The lowest BCUT2D eigenvalue weighted by Gasteiger charge is -2.26. The minimum Gasteiger partial charge on any atom is -0.484 e. The number of hydrogen-bond acceptors (Lipinski definition) is 6. The molecule has 0 atom stereocenters. The maximum atomic E-state index is 11.8. The van der Waals surface area contributed by atoms with Crippen molar-refractivity contribution < 1.29 is 22.7 Å². The van der Waals surface area contributed by atoms with Gasteiger partial charge in [0.15, 0.2) is 6.61 Å². The molecule has 0 bridgehead atoms. The number of carbonyl (C=O) groups excluding carboxylic acids is 1. The highest BCUT2D eigenvalue weighted by Gasteiger charge is 2.12. The molecule has 27 heavy (non-hydrogen) atoms. The Bertz CT molecular complexity index is 687. The normalized spacial score (nSPS) is 15.7. The first-order chi connectivity index (χ1) is 12.8. The molecule has 152 valence electrons. The van der Waals surface area contributed by atoms with Crippen LogP contribution in [0.5, 0.6) is 5.75 Å². The molecule has 1 aliphatic rings. The SMILES string of the molecule is CN(Cc1ccc(OCC(=O)NCCCN2CCOCC2)cc1)S(C)(=O)=O. The van der Waals surface area contributed by atoms with Gasteiger partial charge in [0.25, 0.3) is 5.91 Å². The standard InChI is InChI=1S/C18H29N3O5S/c1-20(27(2,23)24)14-16-4-6-17(7-5-16)26-15-18(22)19-8-3-9-21-10-12-25-13-11-21/h4-7H,3,8-15H2,1-2H3,(H,19,22). The van der Waals surface area contributed by atoms with Crippen LogP contribution in [-0.4, -0.2) is 82.8 Å². The van der Waals surface area contributed by atoms with Gasteiger partial charge in [0.2, 0.25) is 10.0 Å². The highest BCUT2D eigenvalue weighted by molar-refractivity contribution is 7.88. The molecule has 0 aliphatic carbocycles. The molecule has 2 rings (SSSR count). The predicted octanol–water partition coefficient (Wildman–Crippen LogP) is 0.295. The Hall–Kier alpha value is -1.68. The summed E-state index contributed by atoms with van der Waals surface area (Å²) >= 11 is 0. The van der Waals surface area contributed by atoms with Gasteiger partial charge in [-0.3, -0.25) is 9.69 Å². The predicted molar refractivity (Wildman–Crippen MR) is 103 cm³/mol. The zero-order chi connectivity index (χ0) is 19.7. The van der Waals surface area contributed by atoms with Gasteiger partial charge in [0.1, 0.15) is 5.75 Å². The molecule has 9 heteroatoms. The van der Waals surface area contributed by atoms with Crippen LogP contribution in [0.2, 0.25) is 0 Å². The third-order valence-corrected chi connectivity index (χ3v) is 5.60. The summed E-state index contributed by atoms with van der Waals surface area (Å²) < 4.78 is 34.9. The molecule has 1 heterocycles. The van der Waals surface area contributed by atoms with Gasteiger partial charge in [-0.2, -0.15) is 0 Å². The van der Waals surface area contributed by atoms with Gasteiger partial charge in [-0.1, -0.05) is 12.1 Å². The molecule has 0 aromatic heterocycles. The maximum Gasteiger partial charge on any atom is 0.257 e. The van der Waals surface area contributed by atoms with Gasteiger partial charge in [-0.05, 0) is 30.7 Å². The van der Waals surface area contributed by atoms with Crippen LogP contribution in [0.4, 0.5) is 0 Å². The topological polar surface area (TPSA) is 88.2 Å². The van der Waals surface area contributed by atoms with Crippen molar-refractivity contribution in [3.8, 4) is 5.75 Å². The van der Waals surface area contributed by atoms with Crippen LogP contribution in [0, 0.1) is 0 Å². The van der Waals surface area contributed by atoms with Gasteiger partial charge in [0.05, 0.1) is 19.5 Å². The number of carbonyl (C=O) groups is 1. The first-order valence-corrected chi connectivity index (χ1v) is 10.9. The van der Waals surface area contributed by atoms with Gasteiger partial charge in [0, 0.05) is 33.2 Å². The van der Waals surface area contributed by atoms with E-state index in [-0.39, 0.29) is 12.5 Å². The molecule has 0 radical (unpaired) electrons. The number of amides is 1. The van der Waals surface area contributed by atoms with Gasteiger partial charge < -0.3 is 14.8 Å². The second kappa shape index (κ2) is 10.6. The Balaban J connectivity index is 1.63. The van der Waals surface area contributed by atoms with Crippen LogP contribution in [0.15, 0.2) is 24.3 Å². The Morgan fingerprint density at radius 2 is 1.93 bits per heavy atom. The van der Waals surface area contributed by atoms with E-state index < -0.39 is 10.0 Å². The van der Waals surface area contributed by atoms with Crippen LogP contribution >= 0.6 is 0 Å². The van der Waals surface area contributed by atoms with Gasteiger partial charge in [-0.25, -0.2) is 12.7 Å². The highest BCUT2D eigenvalue weighted by atomic mass is 32.2. The fraction of sp³-hybridized carbons (Fsp3) is 0.611. The van der Waals surface area contributed by atoms with Crippen LogP contribution in [-0.2, 0) is 26.1 Å². The van der Waals surface area contributed by atoms with E-state index in [0.717, 1.165) is 44.8 Å². The Morgan fingerprint density at radius 3 is 2.56 bits per heavy atom. The molecular formula is C18H29N3O5S. The van der Waals surface area contributed by atoms with Crippen LogP contribution in [0.3, 0.4) is 0 Å². The van der Waals surface area contributed by atoms with Crippen LogP contribution in [0.1, 0.15) is 12.0 Å². The van der Waals surface area contributed by atoms with Gasteiger partial charge >= 0.3 is 0 Å². The van der Waals surface area contributed by atoms with Gasteiger partial charge in [-0.15, -0.1) is 0 Å². The molecule has 1 aliphatic heterocycles. The third-order valence-electron chi connectivity index (χ3n) is 4.34. The molecule has 1 aromatic carbocycles. The van der Waals surface area contributed by atoms with E-state index in [4.69, 9.17) is 9.47 Å². The van der Waals surface area contributed by atoms with Crippen LogP contribution in [0.25, 0.3) is 0 Å². The molecule has 1 N–H and O–H groups in total. The quantitative estimate of drug-likeness (QED) is 0.569. The van der Waals surface area contributed by atoms with Crippen molar-refractivity contribution >= 4 is 15.9 Å². The number of sulfonamides is 1. The monoisotopic (exact) mass is 399 g/mol. The van der Waals surface area contributed by atoms with E-state index in [0.29, 0.717) is 18.8 Å². The molecule has 1 aromatic rings. The lowest BCUT2D eigenvalue weighted by atomic mass is 10.2. The summed E-state index contributed by atoms with van der Waals surface area (Å²) in [5.41, 5.74) is 0.850. The summed E-state index contributed by atoms with van der Waals surface area (Å²) in [6, 6.07) is 7.04. The van der Waals surface area contributed by atoms with E-state index in [9.17, 15) is 13.2 Å². The number of nitrogens with zero attached hydrogens (tertiary/aromatic N) is 2. The molecule has 0 spiro atoms. The van der Waals surface area contributed by atoms with Crippen molar-refractivity contribution in [2.24, 2.45) is 0 Å². The first kappa shape index (κ1) is 21.6. The fourth-order valence-corrected chi connectivity index (χ4v) is 3.00. The zero-order valence-electron chi connectivity index (χ0n) is 16.0. The fourth-order valence-electron chi connectivity index (χ4n) is 2.62. The lowest BCUT2D eigenvalue weighted by molar-refractivity contribution is -0.123. The number of morpholine rings is 1. The molecule has 0 saturated carbocycles. The average Bonchev–Trinajstić information content (AvgIpc) is 2.65. The minimum absolute atomic E-state index is 0.0415. The summed E-state index contributed by atoms with van der Waals surface area (Å²) in [6.07, 6.45) is 2.07. The summed E-state index contributed by atoms with van der Waals surface area (Å²) in [4.78, 5) is 14.2. The number of hydrogen-bond donors (Lipinski definition) is 1. The van der Waals surface area contributed by atoms with E-state index in [2.05, 4.69) is 10.2 Å². The van der Waals surface area contributed by atoms with Crippen molar-refractivity contribution in [1.82, 2.24) is 14.5 Å². The summed E-state index contributed by atoms with van der Waals surface area (Å²) in [7, 11) is -1.68. The average molecular weight is 400 g/mol. The second-order valence-electron chi connectivity index (χ2n) is 6.61. The Labute approximate surface area is 161 Å². The van der Waals surface area contributed by atoms with E-state index >= 15 is 0 Å². The molecule has 0 unspecified atom stereocenters. The van der Waals surface area contributed by atoms with E-state index in [1.165, 1.54) is 17.6 Å². The minimum atomic E-state index is -3.21. The Kier molecular flexibility index (Phi) is 8.49. The third kappa shape index (κ3) is 8.25. The van der Waals surface area contributed by atoms with Crippen molar-refractivity contribution in [1.29, 1.82) is 0 Å². The van der Waals surface area contributed by atoms with Crippen molar-refractivity contribution in [3.63, 3.8) is 0 Å². The zero-order valence-corrected chi connectivity index (χ0v) is 16.8. The number of benzene rings is 1. The molecule has 1 amide bonds. The molecular weight excluding hydrogens is 370 g/mol. The Morgan fingerprint density at radius 1 is 1.26 bits per heavy atom. The lowest BCUT2D eigenvalue weighted by Crippen LogP contribution is -2.38. The number of rotatable bonds is 10. The van der Waals surface area contributed by atoms with E-state index in [1.807, 2.05) is 0 Å². The first-order valence-electron chi connectivity index (χ1n) is 9.04. The van der Waals surface area contributed by atoms with Crippen LogP contribution < -0.4 is 10.1 Å². The van der Waals surface area contributed by atoms with E-state index in [1.54, 1.807) is 24.3 Å². The highest BCUT2D eigenvalue weighted by Crippen LogP contribution is 2.14. The summed E-state index contributed by atoms with van der Waals surface area (Å²) in [5, 5.41) is 2.85. The number of nitrogens with one attached hydrogen (secondary N) is 1. The largest absolute Gasteiger partial charge is 0.484 e. The smallest absolute Gasteiger partial charge is 0.257 e. The second-order valence-corrected chi connectivity index (χ2v) is 8.70. The number of ether oxygens (including phenoxy) is 2. The molecule has 1 fully saturated rings. The van der Waals surface area contributed by atoms with Crippen molar-refractivity contribution in [2.45, 2.75) is 13.0 Å². The van der Waals surface area contributed by atoms with Crippen molar-refractivity contribution in [2.75, 3.05) is 59.3 Å². The van der Waals surface area contributed by atoms with Crippen molar-refractivity contribution in [3.05, 3.63) is 29.8 Å². The molecule has 8 nitrogen and oxygen atoms in total. The maximum absolute atomic E-state index is 11.8. The summed E-state index contributed by atoms with van der Waals surface area (Å²) in [5.74, 6) is 0.419. The molecule has 1 saturated heterocycles. The summed E-state index contributed by atoms with van der Waals surface area (Å²) in [6.45, 7) is 5.29.